The van der Waals surface area contributed by atoms with Crippen molar-refractivity contribution in [2.45, 2.75) is 45.3 Å². The number of carbonyl (C=O) groups excluding carboxylic acids is 2. The van der Waals surface area contributed by atoms with Gasteiger partial charge >= 0.3 is 0 Å². The number of nitrogens with zero attached hydrogens (tertiary/aromatic N) is 1. The van der Waals surface area contributed by atoms with Gasteiger partial charge in [-0.25, -0.2) is 0 Å². The average Bonchev–Trinajstić information content (AvgIpc) is 2.52. The molecular weight excluding hydrogens is 306 g/mol. The summed E-state index contributed by atoms with van der Waals surface area (Å²) in [5.74, 6) is -0.349. The highest BCUT2D eigenvalue weighted by atomic mass is 16.3. The molecule has 0 radical (unpaired) electrons. The monoisotopic (exact) mass is 333 g/mol. The standard InChI is InChI=1S/C18H27N3O3/c1-13-6-4-5-7-14(13)11-21-9-8-19-17(24)15(21)10-16(23)20-18(2,3)12-22/h4-7,15,22H,8-12H2,1-3H3,(H,19,24)(H,20,23). The molecule has 0 aromatic heterocycles. The summed E-state index contributed by atoms with van der Waals surface area (Å²) in [5.41, 5.74) is 1.64. The molecular formula is C18H27N3O3. The van der Waals surface area contributed by atoms with E-state index < -0.39 is 11.6 Å². The van der Waals surface area contributed by atoms with Crippen LogP contribution in [0.2, 0.25) is 0 Å². The molecule has 1 aliphatic rings. The third kappa shape index (κ3) is 4.79. The van der Waals surface area contributed by atoms with E-state index in [2.05, 4.69) is 10.6 Å². The zero-order valence-corrected chi connectivity index (χ0v) is 14.6. The van der Waals surface area contributed by atoms with E-state index in [9.17, 15) is 14.7 Å². The third-order valence-corrected chi connectivity index (χ3v) is 4.33. The maximum absolute atomic E-state index is 12.3. The molecule has 0 spiro atoms. The molecule has 1 aromatic carbocycles. The summed E-state index contributed by atoms with van der Waals surface area (Å²) in [6.07, 6.45) is 0.0845. The van der Waals surface area contributed by atoms with Gasteiger partial charge in [-0.3, -0.25) is 14.5 Å². The summed E-state index contributed by atoms with van der Waals surface area (Å²) in [4.78, 5) is 26.6. The van der Waals surface area contributed by atoms with E-state index in [-0.39, 0.29) is 24.8 Å². The minimum atomic E-state index is -0.691. The first-order chi connectivity index (χ1) is 11.3. The molecule has 1 heterocycles. The fourth-order valence-electron chi connectivity index (χ4n) is 2.82. The normalized spacial score (nSPS) is 19.0. The van der Waals surface area contributed by atoms with Crippen molar-refractivity contribution in [1.29, 1.82) is 0 Å². The van der Waals surface area contributed by atoms with Gasteiger partial charge in [-0.1, -0.05) is 24.3 Å². The second-order valence-corrected chi connectivity index (χ2v) is 7.00. The van der Waals surface area contributed by atoms with E-state index in [0.717, 1.165) is 5.56 Å². The van der Waals surface area contributed by atoms with Crippen LogP contribution in [0.15, 0.2) is 24.3 Å². The molecule has 1 aliphatic heterocycles. The van der Waals surface area contributed by atoms with E-state index in [4.69, 9.17) is 0 Å². The van der Waals surface area contributed by atoms with Gasteiger partial charge in [0.2, 0.25) is 11.8 Å². The van der Waals surface area contributed by atoms with Gasteiger partial charge in [0.25, 0.3) is 0 Å². The Hall–Kier alpha value is -1.92. The van der Waals surface area contributed by atoms with Crippen molar-refractivity contribution >= 4 is 11.8 Å². The summed E-state index contributed by atoms with van der Waals surface area (Å²) >= 11 is 0. The number of aliphatic hydroxyl groups is 1. The van der Waals surface area contributed by atoms with Crippen LogP contribution >= 0.6 is 0 Å². The lowest BCUT2D eigenvalue weighted by Crippen LogP contribution is -2.57. The largest absolute Gasteiger partial charge is 0.394 e. The van der Waals surface area contributed by atoms with Gasteiger partial charge in [-0.2, -0.15) is 0 Å². The number of rotatable bonds is 6. The van der Waals surface area contributed by atoms with Crippen LogP contribution in [0.1, 0.15) is 31.4 Å². The van der Waals surface area contributed by atoms with Crippen molar-refractivity contribution in [3.8, 4) is 0 Å². The molecule has 1 aromatic rings. The third-order valence-electron chi connectivity index (χ3n) is 4.33. The van der Waals surface area contributed by atoms with Crippen LogP contribution in [0.3, 0.4) is 0 Å². The van der Waals surface area contributed by atoms with E-state index >= 15 is 0 Å². The van der Waals surface area contributed by atoms with Gasteiger partial charge < -0.3 is 15.7 Å². The number of amides is 2. The molecule has 132 valence electrons. The van der Waals surface area contributed by atoms with Crippen LogP contribution in [-0.4, -0.2) is 53.1 Å². The SMILES string of the molecule is Cc1ccccc1CN1CCNC(=O)C1CC(=O)NC(C)(C)CO. The maximum Gasteiger partial charge on any atom is 0.237 e. The number of hydrogen-bond acceptors (Lipinski definition) is 4. The zero-order valence-electron chi connectivity index (χ0n) is 14.6. The van der Waals surface area contributed by atoms with E-state index in [0.29, 0.717) is 19.6 Å². The molecule has 2 rings (SSSR count). The summed E-state index contributed by atoms with van der Waals surface area (Å²) < 4.78 is 0. The lowest BCUT2D eigenvalue weighted by atomic mass is 10.0. The van der Waals surface area contributed by atoms with Gasteiger partial charge in [0.15, 0.2) is 0 Å². The predicted molar refractivity (Wildman–Crippen MR) is 92.3 cm³/mol. The maximum atomic E-state index is 12.3. The lowest BCUT2D eigenvalue weighted by Gasteiger charge is -2.35. The first-order valence-electron chi connectivity index (χ1n) is 8.30. The van der Waals surface area contributed by atoms with Crippen molar-refractivity contribution in [3.63, 3.8) is 0 Å². The Bertz CT molecular complexity index is 601. The summed E-state index contributed by atoms with van der Waals surface area (Å²) in [7, 11) is 0. The first-order valence-corrected chi connectivity index (χ1v) is 8.30. The number of nitrogens with one attached hydrogen (secondary N) is 2. The number of hydrogen-bond donors (Lipinski definition) is 3. The molecule has 0 aliphatic carbocycles. The van der Waals surface area contributed by atoms with Crippen LogP contribution in [0.25, 0.3) is 0 Å². The number of piperazine rings is 1. The van der Waals surface area contributed by atoms with Crippen molar-refractivity contribution in [2.24, 2.45) is 0 Å². The zero-order chi connectivity index (χ0) is 17.7. The molecule has 0 saturated carbocycles. The fourth-order valence-corrected chi connectivity index (χ4v) is 2.82. The lowest BCUT2D eigenvalue weighted by molar-refractivity contribution is -0.135. The Balaban J connectivity index is 2.07. The number of benzene rings is 1. The molecule has 6 nitrogen and oxygen atoms in total. The van der Waals surface area contributed by atoms with Crippen molar-refractivity contribution in [2.75, 3.05) is 19.7 Å². The van der Waals surface area contributed by atoms with Crippen molar-refractivity contribution < 1.29 is 14.7 Å². The Labute approximate surface area is 143 Å². The molecule has 1 unspecified atom stereocenters. The smallest absolute Gasteiger partial charge is 0.237 e. The molecule has 1 saturated heterocycles. The molecule has 1 fully saturated rings. The quantitative estimate of drug-likeness (QED) is 0.711. The van der Waals surface area contributed by atoms with Gasteiger partial charge in [0, 0.05) is 19.6 Å². The molecule has 24 heavy (non-hydrogen) atoms. The Morgan fingerprint density at radius 3 is 2.79 bits per heavy atom. The molecule has 6 heteroatoms. The highest BCUT2D eigenvalue weighted by molar-refractivity contribution is 5.89. The highest BCUT2D eigenvalue weighted by Gasteiger charge is 2.32. The second-order valence-electron chi connectivity index (χ2n) is 7.00. The van der Waals surface area contributed by atoms with Gasteiger partial charge in [0.1, 0.15) is 0 Å². The van der Waals surface area contributed by atoms with E-state index in [1.165, 1.54) is 5.56 Å². The highest BCUT2D eigenvalue weighted by Crippen LogP contribution is 2.17. The topological polar surface area (TPSA) is 81.7 Å². The Morgan fingerprint density at radius 2 is 2.12 bits per heavy atom. The summed E-state index contributed by atoms with van der Waals surface area (Å²) in [6.45, 7) is 7.33. The minimum absolute atomic E-state index is 0.0845. The first kappa shape index (κ1) is 18.4. The van der Waals surface area contributed by atoms with Gasteiger partial charge in [-0.15, -0.1) is 0 Å². The number of aryl methyl sites for hydroxylation is 1. The van der Waals surface area contributed by atoms with Crippen molar-refractivity contribution in [3.05, 3.63) is 35.4 Å². The van der Waals surface area contributed by atoms with E-state index in [1.807, 2.05) is 36.1 Å². The van der Waals surface area contributed by atoms with Crippen LogP contribution in [0.5, 0.6) is 0 Å². The van der Waals surface area contributed by atoms with Crippen LogP contribution in [0, 0.1) is 6.92 Å². The van der Waals surface area contributed by atoms with Gasteiger partial charge in [0.05, 0.1) is 24.6 Å². The predicted octanol–water partition coefficient (Wildman–Crippen LogP) is 0.573. The fraction of sp³-hybridized carbons (Fsp3) is 0.556. The Morgan fingerprint density at radius 1 is 1.42 bits per heavy atom. The molecule has 2 amide bonds. The van der Waals surface area contributed by atoms with Crippen LogP contribution in [-0.2, 0) is 16.1 Å². The van der Waals surface area contributed by atoms with Crippen LogP contribution in [0.4, 0.5) is 0 Å². The van der Waals surface area contributed by atoms with Gasteiger partial charge in [-0.05, 0) is 31.9 Å². The average molecular weight is 333 g/mol. The molecule has 3 N–H and O–H groups in total. The minimum Gasteiger partial charge on any atom is -0.394 e. The number of aliphatic hydroxyl groups excluding tert-OH is 1. The summed E-state index contributed by atoms with van der Waals surface area (Å²) in [6, 6.07) is 7.58. The second kappa shape index (κ2) is 7.77. The Kier molecular flexibility index (Phi) is 5.96. The van der Waals surface area contributed by atoms with Crippen LogP contribution < -0.4 is 10.6 Å². The van der Waals surface area contributed by atoms with E-state index in [1.54, 1.807) is 13.8 Å². The molecule has 1 atom stereocenters. The summed E-state index contributed by atoms with van der Waals surface area (Å²) in [5, 5.41) is 14.9. The molecule has 0 bridgehead atoms. The number of carbonyl (C=O) groups is 2. The van der Waals surface area contributed by atoms with Crippen molar-refractivity contribution in [1.82, 2.24) is 15.5 Å².